The minimum atomic E-state index is -4.30. The Bertz CT molecular complexity index is 630. The summed E-state index contributed by atoms with van der Waals surface area (Å²) in [7, 11) is 0. The van der Waals surface area contributed by atoms with E-state index in [0.29, 0.717) is 18.4 Å². The average molecular weight is 369 g/mol. The van der Waals surface area contributed by atoms with Gasteiger partial charge in [-0.15, -0.1) is 0 Å². The van der Waals surface area contributed by atoms with Gasteiger partial charge in [0.25, 0.3) is 0 Å². The maximum Gasteiger partial charge on any atom is 0.416 e. The van der Waals surface area contributed by atoms with E-state index in [1.54, 1.807) is 12.1 Å². The molecule has 0 spiro atoms. The second-order valence-corrected chi connectivity index (χ2v) is 7.66. The van der Waals surface area contributed by atoms with E-state index in [4.69, 9.17) is 0 Å². The van der Waals surface area contributed by atoms with Gasteiger partial charge in [-0.25, -0.2) is 0 Å². The first-order valence-electron chi connectivity index (χ1n) is 9.19. The molecular formula is C19H26F3N3O. The number of benzene rings is 1. The fourth-order valence-electron chi connectivity index (χ4n) is 4.19. The van der Waals surface area contributed by atoms with Gasteiger partial charge in [-0.3, -0.25) is 4.79 Å². The molecule has 0 bridgehead atoms. The lowest BCUT2D eigenvalue weighted by molar-refractivity contribution is -0.137. The second-order valence-electron chi connectivity index (χ2n) is 7.66. The molecule has 1 saturated heterocycles. The first-order chi connectivity index (χ1) is 12.2. The molecule has 3 atom stereocenters. The summed E-state index contributed by atoms with van der Waals surface area (Å²) in [5.41, 5.74) is 0.222. The monoisotopic (exact) mass is 369 g/mol. The van der Waals surface area contributed by atoms with E-state index in [1.165, 1.54) is 0 Å². The van der Waals surface area contributed by atoms with Crippen LogP contribution in [0.1, 0.15) is 32.3 Å². The zero-order chi connectivity index (χ0) is 18.9. The van der Waals surface area contributed by atoms with Crippen molar-refractivity contribution in [1.29, 1.82) is 0 Å². The SMILES string of the molecule is CC(C)NC(=O)CN[C@H]1CC[C@@H]2CN(c3ccc(C(F)(F)F)cc3)C[C@@H]21. The van der Waals surface area contributed by atoms with Crippen molar-refractivity contribution in [3.05, 3.63) is 29.8 Å². The molecule has 1 saturated carbocycles. The number of nitrogens with one attached hydrogen (secondary N) is 2. The lowest BCUT2D eigenvalue weighted by Crippen LogP contribution is -2.43. The normalized spacial score (nSPS) is 25.6. The van der Waals surface area contributed by atoms with Crippen molar-refractivity contribution in [1.82, 2.24) is 10.6 Å². The Labute approximate surface area is 152 Å². The molecule has 26 heavy (non-hydrogen) atoms. The number of hydrogen-bond acceptors (Lipinski definition) is 3. The zero-order valence-corrected chi connectivity index (χ0v) is 15.1. The van der Waals surface area contributed by atoms with Gasteiger partial charge >= 0.3 is 6.18 Å². The van der Waals surface area contributed by atoms with E-state index >= 15 is 0 Å². The molecule has 1 amide bonds. The smallest absolute Gasteiger partial charge is 0.371 e. The number of carbonyl (C=O) groups excluding carboxylic acids is 1. The molecule has 0 unspecified atom stereocenters. The van der Waals surface area contributed by atoms with Gasteiger partial charge in [0.2, 0.25) is 5.91 Å². The first kappa shape index (κ1) is 19.0. The molecule has 2 N–H and O–H groups in total. The van der Waals surface area contributed by atoms with Crippen molar-refractivity contribution in [3.8, 4) is 0 Å². The number of alkyl halides is 3. The van der Waals surface area contributed by atoms with Crippen LogP contribution >= 0.6 is 0 Å². The maximum atomic E-state index is 12.7. The lowest BCUT2D eigenvalue weighted by Gasteiger charge is -2.23. The summed E-state index contributed by atoms with van der Waals surface area (Å²) in [6, 6.07) is 5.83. The highest BCUT2D eigenvalue weighted by Crippen LogP contribution is 2.40. The highest BCUT2D eigenvalue weighted by molar-refractivity contribution is 5.78. The van der Waals surface area contributed by atoms with Crippen LogP contribution in [0.15, 0.2) is 24.3 Å². The topological polar surface area (TPSA) is 44.4 Å². The summed E-state index contributed by atoms with van der Waals surface area (Å²) in [5, 5.41) is 6.25. The summed E-state index contributed by atoms with van der Waals surface area (Å²) in [6.07, 6.45) is -2.16. The van der Waals surface area contributed by atoms with Crippen LogP contribution in [0.5, 0.6) is 0 Å². The number of hydrogen-bond donors (Lipinski definition) is 2. The first-order valence-corrected chi connectivity index (χ1v) is 9.19. The van der Waals surface area contributed by atoms with Crippen molar-refractivity contribution in [2.75, 3.05) is 24.5 Å². The highest BCUT2D eigenvalue weighted by atomic mass is 19.4. The molecule has 7 heteroatoms. The number of fused-ring (bicyclic) bond motifs is 1. The van der Waals surface area contributed by atoms with E-state index in [1.807, 2.05) is 13.8 Å². The third-order valence-corrected chi connectivity index (χ3v) is 5.39. The number of anilines is 1. The Morgan fingerprint density at radius 1 is 1.19 bits per heavy atom. The van der Waals surface area contributed by atoms with Gasteiger partial charge in [-0.05, 0) is 62.8 Å². The van der Waals surface area contributed by atoms with Crippen LogP contribution < -0.4 is 15.5 Å². The molecule has 2 fully saturated rings. The standard InChI is InChI=1S/C19H26F3N3O/c1-12(2)24-18(26)9-23-17-8-3-13-10-25(11-16(13)17)15-6-4-14(5-7-15)19(20,21)22/h4-7,12-13,16-17,23H,3,8-11H2,1-2H3,(H,24,26)/t13-,16+,17+/m1/s1. The summed E-state index contributed by atoms with van der Waals surface area (Å²) in [5.74, 6) is 0.966. The number of rotatable bonds is 5. The predicted octanol–water partition coefficient (Wildman–Crippen LogP) is 3.03. The Kier molecular flexibility index (Phi) is 5.46. The fourth-order valence-corrected chi connectivity index (χ4v) is 4.19. The van der Waals surface area contributed by atoms with Crippen molar-refractivity contribution < 1.29 is 18.0 Å². The van der Waals surface area contributed by atoms with E-state index in [9.17, 15) is 18.0 Å². The number of carbonyl (C=O) groups is 1. The van der Waals surface area contributed by atoms with Crippen molar-refractivity contribution in [3.63, 3.8) is 0 Å². The quantitative estimate of drug-likeness (QED) is 0.839. The Morgan fingerprint density at radius 3 is 2.50 bits per heavy atom. The molecule has 0 aromatic heterocycles. The minimum absolute atomic E-state index is 0.000965. The molecule has 4 nitrogen and oxygen atoms in total. The van der Waals surface area contributed by atoms with Crippen LogP contribution in [0.25, 0.3) is 0 Å². The van der Waals surface area contributed by atoms with Gasteiger partial charge in [0.15, 0.2) is 0 Å². The van der Waals surface area contributed by atoms with Gasteiger partial charge in [-0.2, -0.15) is 13.2 Å². The van der Waals surface area contributed by atoms with Gasteiger partial charge < -0.3 is 15.5 Å². The van der Waals surface area contributed by atoms with Crippen LogP contribution in [-0.2, 0) is 11.0 Å². The number of amides is 1. The Morgan fingerprint density at radius 2 is 1.88 bits per heavy atom. The molecule has 1 aliphatic heterocycles. The van der Waals surface area contributed by atoms with E-state index in [-0.39, 0.29) is 18.0 Å². The lowest BCUT2D eigenvalue weighted by atomic mass is 9.98. The third-order valence-electron chi connectivity index (χ3n) is 5.39. The summed E-state index contributed by atoms with van der Waals surface area (Å²) < 4.78 is 38.1. The average Bonchev–Trinajstić information content (AvgIpc) is 3.12. The number of nitrogens with zero attached hydrogens (tertiary/aromatic N) is 1. The molecule has 3 rings (SSSR count). The molecule has 2 aliphatic rings. The second kappa shape index (κ2) is 7.47. The Hall–Kier alpha value is -1.76. The van der Waals surface area contributed by atoms with Gasteiger partial charge in [-0.1, -0.05) is 0 Å². The van der Waals surface area contributed by atoms with Crippen LogP contribution in [0, 0.1) is 11.8 Å². The molecule has 1 aromatic rings. The van der Waals surface area contributed by atoms with Crippen LogP contribution in [0.2, 0.25) is 0 Å². The largest absolute Gasteiger partial charge is 0.416 e. The summed E-state index contributed by atoms with van der Waals surface area (Å²) >= 11 is 0. The molecule has 1 heterocycles. The van der Waals surface area contributed by atoms with Crippen LogP contribution in [-0.4, -0.2) is 37.6 Å². The number of halogens is 3. The zero-order valence-electron chi connectivity index (χ0n) is 15.1. The third kappa shape index (κ3) is 4.31. The highest BCUT2D eigenvalue weighted by Gasteiger charge is 2.42. The minimum Gasteiger partial charge on any atom is -0.371 e. The van der Waals surface area contributed by atoms with Crippen molar-refractivity contribution in [2.45, 2.75) is 44.9 Å². The van der Waals surface area contributed by atoms with E-state index in [2.05, 4.69) is 15.5 Å². The molecule has 144 valence electrons. The van der Waals surface area contributed by atoms with Gasteiger partial charge in [0.05, 0.1) is 12.1 Å². The van der Waals surface area contributed by atoms with Crippen LogP contribution in [0.3, 0.4) is 0 Å². The fraction of sp³-hybridized carbons (Fsp3) is 0.632. The van der Waals surface area contributed by atoms with E-state index < -0.39 is 11.7 Å². The summed E-state index contributed by atoms with van der Waals surface area (Å²) in [6.45, 7) is 5.86. The maximum absolute atomic E-state index is 12.7. The summed E-state index contributed by atoms with van der Waals surface area (Å²) in [4.78, 5) is 14.0. The van der Waals surface area contributed by atoms with Gasteiger partial charge in [0, 0.05) is 30.9 Å². The molecule has 0 radical (unpaired) electrons. The predicted molar refractivity (Wildman–Crippen MR) is 94.9 cm³/mol. The molecule has 1 aliphatic carbocycles. The molecule has 1 aromatic carbocycles. The molecular weight excluding hydrogens is 343 g/mol. The van der Waals surface area contributed by atoms with Crippen LogP contribution in [0.4, 0.5) is 18.9 Å². The van der Waals surface area contributed by atoms with E-state index in [0.717, 1.165) is 43.8 Å². The van der Waals surface area contributed by atoms with Crippen molar-refractivity contribution in [2.24, 2.45) is 11.8 Å². The van der Waals surface area contributed by atoms with Crippen molar-refractivity contribution >= 4 is 11.6 Å². The van der Waals surface area contributed by atoms with Gasteiger partial charge in [0.1, 0.15) is 0 Å². The Balaban J connectivity index is 1.56.